The quantitative estimate of drug-likeness (QED) is 0.475. The van der Waals surface area contributed by atoms with Crippen molar-refractivity contribution in [2.45, 2.75) is 18.2 Å². The first kappa shape index (κ1) is 18.0. The van der Waals surface area contributed by atoms with Crippen LogP contribution < -0.4 is 15.8 Å². The van der Waals surface area contributed by atoms with Gasteiger partial charge in [0.25, 0.3) is 0 Å². The average Bonchev–Trinajstić information content (AvgIpc) is 2.54. The van der Waals surface area contributed by atoms with E-state index in [9.17, 15) is 8.42 Å². The number of rotatable bonds is 8. The molecule has 2 rings (SSSR count). The van der Waals surface area contributed by atoms with E-state index in [1.54, 1.807) is 12.1 Å². The normalized spacial score (nSPS) is 16.4. The fourth-order valence-corrected chi connectivity index (χ4v) is 3.80. The maximum atomic E-state index is 12.5. The molecule has 1 aliphatic heterocycles. The first-order valence-corrected chi connectivity index (χ1v) is 9.44. The molecule has 0 unspecified atom stereocenters. The largest absolute Gasteiger partial charge is 0.399 e. The molecule has 7 nitrogen and oxygen atoms in total. The summed E-state index contributed by atoms with van der Waals surface area (Å²) in [5.41, 5.74) is 6.74. The highest BCUT2D eigenvalue weighted by Gasteiger charge is 2.18. The molecule has 0 amide bonds. The molecule has 0 aromatic heterocycles. The van der Waals surface area contributed by atoms with Crippen molar-refractivity contribution in [3.8, 4) is 0 Å². The number of sulfonamides is 1. The first-order valence-electron chi connectivity index (χ1n) is 7.96. The van der Waals surface area contributed by atoms with Gasteiger partial charge in [0.2, 0.25) is 10.0 Å². The van der Waals surface area contributed by atoms with Crippen LogP contribution in [0.3, 0.4) is 0 Å². The van der Waals surface area contributed by atoms with Crippen molar-refractivity contribution in [2.75, 3.05) is 57.0 Å². The molecular weight excluding hydrogens is 316 g/mol. The Morgan fingerprint density at radius 3 is 2.74 bits per heavy atom. The van der Waals surface area contributed by atoms with Crippen LogP contribution in [0.25, 0.3) is 0 Å². The van der Waals surface area contributed by atoms with Crippen molar-refractivity contribution in [3.05, 3.63) is 18.2 Å². The molecule has 130 valence electrons. The van der Waals surface area contributed by atoms with Crippen LogP contribution in [0, 0.1) is 0 Å². The Morgan fingerprint density at radius 1 is 1.30 bits per heavy atom. The second-order valence-electron chi connectivity index (χ2n) is 5.49. The summed E-state index contributed by atoms with van der Waals surface area (Å²) < 4.78 is 32.9. The van der Waals surface area contributed by atoms with Gasteiger partial charge in [0.1, 0.15) is 4.90 Å². The van der Waals surface area contributed by atoms with E-state index in [2.05, 4.69) is 14.9 Å². The fourth-order valence-electron chi connectivity index (χ4n) is 2.51. The van der Waals surface area contributed by atoms with E-state index >= 15 is 0 Å². The molecule has 0 saturated carbocycles. The van der Waals surface area contributed by atoms with Gasteiger partial charge in [-0.25, -0.2) is 13.1 Å². The van der Waals surface area contributed by atoms with E-state index in [1.165, 1.54) is 6.07 Å². The minimum Gasteiger partial charge on any atom is -0.399 e. The smallest absolute Gasteiger partial charge is 0.242 e. The van der Waals surface area contributed by atoms with E-state index in [1.807, 2.05) is 6.92 Å². The lowest BCUT2D eigenvalue weighted by molar-refractivity contribution is 0.0376. The Hall–Kier alpha value is -1.35. The standard InChI is InChI=1S/C15H26N4O3S/c1-2-17-14-5-4-13(16)12-15(14)23(20,21)18-6-3-7-19-8-10-22-11-9-19/h4-5,12,17-18H,2-3,6-11,16H2,1H3. The molecule has 0 spiro atoms. The molecule has 1 fully saturated rings. The molecule has 1 saturated heterocycles. The van der Waals surface area contributed by atoms with Crippen molar-refractivity contribution in [3.63, 3.8) is 0 Å². The molecule has 4 N–H and O–H groups in total. The Balaban J connectivity index is 1.91. The van der Waals surface area contributed by atoms with Crippen molar-refractivity contribution in [2.24, 2.45) is 0 Å². The minimum atomic E-state index is -3.57. The molecule has 0 atom stereocenters. The third-order valence-corrected chi connectivity index (χ3v) is 5.21. The van der Waals surface area contributed by atoms with Crippen molar-refractivity contribution < 1.29 is 13.2 Å². The third-order valence-electron chi connectivity index (χ3n) is 3.71. The molecule has 0 radical (unpaired) electrons. The number of morpholine rings is 1. The van der Waals surface area contributed by atoms with Crippen LogP contribution in [-0.2, 0) is 14.8 Å². The average molecular weight is 342 g/mol. The van der Waals surface area contributed by atoms with Crippen molar-refractivity contribution >= 4 is 21.4 Å². The maximum absolute atomic E-state index is 12.5. The first-order chi connectivity index (χ1) is 11.0. The van der Waals surface area contributed by atoms with Crippen LogP contribution in [0.5, 0.6) is 0 Å². The van der Waals surface area contributed by atoms with Crippen LogP contribution in [0.1, 0.15) is 13.3 Å². The van der Waals surface area contributed by atoms with Crippen molar-refractivity contribution in [1.82, 2.24) is 9.62 Å². The number of anilines is 2. The SMILES string of the molecule is CCNc1ccc(N)cc1S(=O)(=O)NCCCN1CCOCC1. The van der Waals surface area contributed by atoms with E-state index in [4.69, 9.17) is 10.5 Å². The van der Waals surface area contributed by atoms with Crippen LogP contribution in [0.4, 0.5) is 11.4 Å². The lowest BCUT2D eigenvalue weighted by atomic mass is 10.3. The Labute approximate surface area is 138 Å². The highest BCUT2D eigenvalue weighted by molar-refractivity contribution is 7.89. The fraction of sp³-hybridized carbons (Fsp3) is 0.600. The summed E-state index contributed by atoms with van der Waals surface area (Å²) in [7, 11) is -3.57. The van der Waals surface area contributed by atoms with Crippen LogP contribution >= 0.6 is 0 Å². The minimum absolute atomic E-state index is 0.200. The molecule has 1 aromatic carbocycles. The van der Waals surface area contributed by atoms with Gasteiger partial charge < -0.3 is 15.8 Å². The van der Waals surface area contributed by atoms with E-state index in [-0.39, 0.29) is 4.90 Å². The van der Waals surface area contributed by atoms with Crippen LogP contribution in [0.2, 0.25) is 0 Å². The van der Waals surface area contributed by atoms with Gasteiger partial charge in [-0.15, -0.1) is 0 Å². The zero-order chi connectivity index (χ0) is 16.7. The zero-order valence-corrected chi connectivity index (χ0v) is 14.4. The second-order valence-corrected chi connectivity index (χ2v) is 7.23. The summed E-state index contributed by atoms with van der Waals surface area (Å²) in [5, 5.41) is 3.05. The molecule has 8 heteroatoms. The summed E-state index contributed by atoms with van der Waals surface area (Å²) >= 11 is 0. The van der Waals surface area contributed by atoms with Gasteiger partial charge in [-0.3, -0.25) is 4.90 Å². The van der Waals surface area contributed by atoms with Crippen LogP contribution in [-0.4, -0.2) is 59.3 Å². The molecule has 1 aliphatic rings. The topological polar surface area (TPSA) is 96.7 Å². The lowest BCUT2D eigenvalue weighted by Gasteiger charge is -2.26. The number of nitrogens with zero attached hydrogens (tertiary/aromatic N) is 1. The number of nitrogen functional groups attached to an aromatic ring is 1. The van der Waals surface area contributed by atoms with E-state index < -0.39 is 10.0 Å². The summed E-state index contributed by atoms with van der Waals surface area (Å²) in [6.07, 6.45) is 0.762. The van der Waals surface area contributed by atoms with Gasteiger partial charge in [-0.2, -0.15) is 0 Å². The molecular formula is C15H26N4O3S. The summed E-state index contributed by atoms with van der Waals surface area (Å²) in [5.74, 6) is 0. The number of ether oxygens (including phenoxy) is 1. The predicted octanol–water partition coefficient (Wildman–Crippen LogP) is 0.701. The monoisotopic (exact) mass is 342 g/mol. The lowest BCUT2D eigenvalue weighted by Crippen LogP contribution is -2.38. The second kappa shape index (κ2) is 8.49. The highest BCUT2D eigenvalue weighted by Crippen LogP contribution is 2.23. The number of benzene rings is 1. The van der Waals surface area contributed by atoms with Gasteiger partial charge in [0.15, 0.2) is 0 Å². The zero-order valence-electron chi connectivity index (χ0n) is 13.5. The van der Waals surface area contributed by atoms with E-state index in [0.717, 1.165) is 39.3 Å². The Bertz CT molecular complexity index is 601. The van der Waals surface area contributed by atoms with Gasteiger partial charge in [-0.05, 0) is 38.1 Å². The Kier molecular flexibility index (Phi) is 6.64. The molecule has 1 aromatic rings. The molecule has 1 heterocycles. The number of nitrogens with two attached hydrogens (primary N) is 1. The predicted molar refractivity (Wildman–Crippen MR) is 92.1 cm³/mol. The van der Waals surface area contributed by atoms with Crippen molar-refractivity contribution in [1.29, 1.82) is 0 Å². The molecule has 23 heavy (non-hydrogen) atoms. The van der Waals surface area contributed by atoms with Gasteiger partial charge in [0, 0.05) is 31.9 Å². The number of nitrogens with one attached hydrogen (secondary N) is 2. The Morgan fingerprint density at radius 2 is 2.04 bits per heavy atom. The summed E-state index contributed by atoms with van der Waals surface area (Å²) in [4.78, 5) is 2.48. The molecule has 0 aliphatic carbocycles. The van der Waals surface area contributed by atoms with Crippen LogP contribution in [0.15, 0.2) is 23.1 Å². The third kappa shape index (κ3) is 5.35. The maximum Gasteiger partial charge on any atom is 0.242 e. The number of hydrogen-bond donors (Lipinski definition) is 3. The highest BCUT2D eigenvalue weighted by atomic mass is 32.2. The van der Waals surface area contributed by atoms with Gasteiger partial charge in [-0.1, -0.05) is 0 Å². The van der Waals surface area contributed by atoms with E-state index in [0.29, 0.717) is 24.5 Å². The van der Waals surface area contributed by atoms with Gasteiger partial charge >= 0.3 is 0 Å². The summed E-state index contributed by atoms with van der Waals surface area (Å²) in [6.45, 7) is 7.15. The molecule has 0 bridgehead atoms. The summed E-state index contributed by atoms with van der Waals surface area (Å²) in [6, 6.07) is 4.87. The van der Waals surface area contributed by atoms with Gasteiger partial charge in [0.05, 0.1) is 18.9 Å². The number of hydrogen-bond acceptors (Lipinski definition) is 6.